The summed E-state index contributed by atoms with van der Waals surface area (Å²) < 4.78 is 7.10. The zero-order valence-electron chi connectivity index (χ0n) is 18.5. The monoisotopic (exact) mass is 603 g/mol. The number of ether oxygens (including phenoxy) is 1. The molecule has 0 saturated carbocycles. The van der Waals surface area contributed by atoms with Crippen LogP contribution in [0.3, 0.4) is 0 Å². The van der Waals surface area contributed by atoms with Crippen LogP contribution in [0.5, 0.6) is 5.75 Å². The lowest BCUT2D eigenvalue weighted by atomic mass is 10.2. The zero-order valence-corrected chi connectivity index (χ0v) is 22.5. The predicted octanol–water partition coefficient (Wildman–Crippen LogP) is 5.90. The van der Waals surface area contributed by atoms with Gasteiger partial charge in [0, 0.05) is 53.7 Å². The summed E-state index contributed by atoms with van der Waals surface area (Å²) in [7, 11) is 1.59. The van der Waals surface area contributed by atoms with Gasteiger partial charge in [0.2, 0.25) is 5.91 Å². The standard InChI is InChI=1S/C25H23Br2N3O3S/c1-33-24-17(15-18(26)16-21(24)27)4-9-23(31)28-19-5-7-20(8-6-19)29-10-12-30(13-11-29)25(32)22-3-2-14-34-22/h2-9,14-16H,10-13H2,1H3,(H,28,31)/b9-4+. The number of nitrogens with one attached hydrogen (secondary N) is 1. The third-order valence-corrected chi connectivity index (χ3v) is 7.36. The van der Waals surface area contributed by atoms with Gasteiger partial charge in [0.25, 0.3) is 5.91 Å². The number of rotatable bonds is 6. The summed E-state index contributed by atoms with van der Waals surface area (Å²) >= 11 is 8.40. The average molecular weight is 605 g/mol. The molecule has 2 amide bonds. The molecule has 0 bridgehead atoms. The van der Waals surface area contributed by atoms with Gasteiger partial charge in [0.1, 0.15) is 5.75 Å². The van der Waals surface area contributed by atoms with Crippen molar-refractivity contribution in [1.29, 1.82) is 0 Å². The Morgan fingerprint density at radius 3 is 2.44 bits per heavy atom. The van der Waals surface area contributed by atoms with Gasteiger partial charge >= 0.3 is 0 Å². The quantitative estimate of drug-likeness (QED) is 0.356. The molecular formula is C25H23Br2N3O3S. The van der Waals surface area contributed by atoms with Gasteiger partial charge in [-0.15, -0.1) is 11.3 Å². The molecule has 1 aromatic heterocycles. The van der Waals surface area contributed by atoms with E-state index in [4.69, 9.17) is 4.74 Å². The lowest BCUT2D eigenvalue weighted by Crippen LogP contribution is -2.48. The molecule has 34 heavy (non-hydrogen) atoms. The van der Waals surface area contributed by atoms with Crippen LogP contribution in [0.25, 0.3) is 6.08 Å². The Hall–Kier alpha value is -2.62. The largest absolute Gasteiger partial charge is 0.495 e. The summed E-state index contributed by atoms with van der Waals surface area (Å²) in [5, 5.41) is 4.81. The number of benzene rings is 2. The molecule has 1 aliphatic heterocycles. The molecule has 0 aliphatic carbocycles. The first-order valence-electron chi connectivity index (χ1n) is 10.6. The maximum Gasteiger partial charge on any atom is 0.264 e. The number of halogens is 2. The zero-order chi connectivity index (χ0) is 24.1. The van der Waals surface area contributed by atoms with E-state index in [1.807, 2.05) is 58.8 Å². The third-order valence-electron chi connectivity index (χ3n) is 5.45. The van der Waals surface area contributed by atoms with Crippen molar-refractivity contribution in [3.05, 3.63) is 79.4 Å². The van der Waals surface area contributed by atoms with Crippen LogP contribution in [0.4, 0.5) is 11.4 Å². The molecule has 2 heterocycles. The van der Waals surface area contributed by atoms with E-state index in [1.165, 1.54) is 17.4 Å². The number of hydrogen-bond donors (Lipinski definition) is 1. The third kappa shape index (κ3) is 5.89. The topological polar surface area (TPSA) is 61.9 Å². The Bertz CT molecular complexity index is 1190. The number of carbonyl (C=O) groups is 2. The van der Waals surface area contributed by atoms with Gasteiger partial charge in [-0.1, -0.05) is 22.0 Å². The van der Waals surface area contributed by atoms with Gasteiger partial charge in [0.05, 0.1) is 16.5 Å². The van der Waals surface area contributed by atoms with Gasteiger partial charge < -0.3 is 19.9 Å². The van der Waals surface area contributed by atoms with E-state index in [2.05, 4.69) is 42.1 Å². The van der Waals surface area contributed by atoms with Gasteiger partial charge in [0.15, 0.2) is 0 Å². The number of hydrogen-bond acceptors (Lipinski definition) is 5. The van der Waals surface area contributed by atoms with Crippen LogP contribution >= 0.6 is 43.2 Å². The normalized spacial score (nSPS) is 13.9. The van der Waals surface area contributed by atoms with Gasteiger partial charge in [-0.05, 0) is 69.9 Å². The number of piperazine rings is 1. The fourth-order valence-electron chi connectivity index (χ4n) is 3.75. The van der Waals surface area contributed by atoms with Crippen molar-refractivity contribution in [2.75, 3.05) is 43.5 Å². The highest BCUT2D eigenvalue weighted by molar-refractivity contribution is 9.11. The molecule has 1 N–H and O–H groups in total. The highest BCUT2D eigenvalue weighted by atomic mass is 79.9. The molecule has 0 atom stereocenters. The van der Waals surface area contributed by atoms with E-state index in [9.17, 15) is 9.59 Å². The second-order valence-corrected chi connectivity index (χ2v) is 10.4. The second-order valence-electron chi connectivity index (χ2n) is 7.64. The molecule has 1 fully saturated rings. The van der Waals surface area contributed by atoms with Crippen molar-refractivity contribution < 1.29 is 14.3 Å². The Balaban J connectivity index is 1.32. The van der Waals surface area contributed by atoms with E-state index in [1.54, 1.807) is 13.2 Å². The van der Waals surface area contributed by atoms with Gasteiger partial charge in [-0.3, -0.25) is 9.59 Å². The van der Waals surface area contributed by atoms with Crippen LogP contribution in [0, 0.1) is 0 Å². The summed E-state index contributed by atoms with van der Waals surface area (Å²) in [5.41, 5.74) is 2.57. The van der Waals surface area contributed by atoms with E-state index >= 15 is 0 Å². The number of nitrogens with zero attached hydrogens (tertiary/aromatic N) is 2. The lowest BCUT2D eigenvalue weighted by molar-refractivity contribution is -0.111. The van der Waals surface area contributed by atoms with Crippen molar-refractivity contribution in [3.8, 4) is 5.75 Å². The first-order valence-corrected chi connectivity index (χ1v) is 13.1. The molecule has 2 aromatic carbocycles. The fraction of sp³-hybridized carbons (Fsp3) is 0.200. The summed E-state index contributed by atoms with van der Waals surface area (Å²) in [6.07, 6.45) is 3.20. The Kier molecular flexibility index (Phi) is 8.07. The van der Waals surface area contributed by atoms with Crippen LogP contribution in [0.15, 0.2) is 68.9 Å². The molecule has 4 rings (SSSR count). The van der Waals surface area contributed by atoms with Gasteiger partial charge in [-0.25, -0.2) is 0 Å². The minimum absolute atomic E-state index is 0.105. The van der Waals surface area contributed by atoms with E-state index < -0.39 is 0 Å². The average Bonchev–Trinajstić information content (AvgIpc) is 3.38. The van der Waals surface area contributed by atoms with Gasteiger partial charge in [-0.2, -0.15) is 0 Å². The van der Waals surface area contributed by atoms with Crippen LogP contribution < -0.4 is 15.0 Å². The fourth-order valence-corrected chi connectivity index (χ4v) is 5.86. The van der Waals surface area contributed by atoms with Crippen LogP contribution in [-0.2, 0) is 4.79 Å². The Morgan fingerprint density at radius 1 is 1.06 bits per heavy atom. The molecule has 0 spiro atoms. The number of anilines is 2. The minimum atomic E-state index is -0.230. The molecule has 0 radical (unpaired) electrons. The van der Waals surface area contributed by atoms with E-state index in [0.29, 0.717) is 24.5 Å². The number of amides is 2. The maximum atomic E-state index is 12.5. The number of carbonyl (C=O) groups excluding carboxylic acids is 2. The molecule has 0 unspecified atom stereocenters. The summed E-state index contributed by atoms with van der Waals surface area (Å²) in [5.74, 6) is 0.536. The molecule has 3 aromatic rings. The first kappa shape index (κ1) is 24.5. The maximum absolute atomic E-state index is 12.5. The second kappa shape index (κ2) is 11.2. The summed E-state index contributed by atoms with van der Waals surface area (Å²) in [4.78, 5) is 29.9. The highest BCUT2D eigenvalue weighted by Crippen LogP contribution is 2.33. The predicted molar refractivity (Wildman–Crippen MR) is 145 cm³/mol. The van der Waals surface area contributed by atoms with Crippen molar-refractivity contribution >= 4 is 72.5 Å². The molecule has 1 saturated heterocycles. The lowest BCUT2D eigenvalue weighted by Gasteiger charge is -2.36. The van der Waals surface area contributed by atoms with Crippen molar-refractivity contribution in [1.82, 2.24) is 4.90 Å². The van der Waals surface area contributed by atoms with Crippen molar-refractivity contribution in [3.63, 3.8) is 0 Å². The summed E-state index contributed by atoms with van der Waals surface area (Å²) in [6, 6.07) is 15.3. The van der Waals surface area contributed by atoms with E-state index in [0.717, 1.165) is 38.2 Å². The van der Waals surface area contributed by atoms with Crippen molar-refractivity contribution in [2.24, 2.45) is 0 Å². The Morgan fingerprint density at radius 2 is 1.79 bits per heavy atom. The Labute approximate surface area is 219 Å². The molecule has 176 valence electrons. The van der Waals surface area contributed by atoms with Crippen LogP contribution in [-0.4, -0.2) is 50.0 Å². The molecule has 1 aliphatic rings. The van der Waals surface area contributed by atoms with E-state index in [-0.39, 0.29) is 11.8 Å². The SMILES string of the molecule is COc1c(Br)cc(Br)cc1/C=C/C(=O)Nc1ccc(N2CCN(C(=O)c3cccs3)CC2)cc1. The molecular weight excluding hydrogens is 582 g/mol. The molecule has 9 heteroatoms. The van der Waals surface area contributed by atoms with Crippen LogP contribution in [0.2, 0.25) is 0 Å². The van der Waals surface area contributed by atoms with Crippen molar-refractivity contribution in [2.45, 2.75) is 0 Å². The molecule has 6 nitrogen and oxygen atoms in total. The smallest absolute Gasteiger partial charge is 0.264 e. The number of methoxy groups -OCH3 is 1. The first-order chi connectivity index (χ1) is 16.4. The number of thiophene rings is 1. The van der Waals surface area contributed by atoms with Crippen LogP contribution in [0.1, 0.15) is 15.2 Å². The highest BCUT2D eigenvalue weighted by Gasteiger charge is 2.22. The minimum Gasteiger partial charge on any atom is -0.495 e. The summed E-state index contributed by atoms with van der Waals surface area (Å²) in [6.45, 7) is 2.93.